The maximum atomic E-state index is 9.72. The zero-order valence-electron chi connectivity index (χ0n) is 8.50. The van der Waals surface area contributed by atoms with Crippen LogP contribution in [0.15, 0.2) is 11.0 Å². The van der Waals surface area contributed by atoms with Gasteiger partial charge in [0.05, 0.1) is 6.61 Å². The highest BCUT2D eigenvalue weighted by Crippen LogP contribution is 2.42. The summed E-state index contributed by atoms with van der Waals surface area (Å²) in [6.45, 7) is 4.01. The van der Waals surface area contributed by atoms with Gasteiger partial charge < -0.3 is 14.9 Å². The van der Waals surface area contributed by atoms with Crippen LogP contribution in [0.2, 0.25) is 0 Å². The molecule has 1 aromatic rings. The number of hydrogen-bond acceptors (Lipinski definition) is 4. The summed E-state index contributed by atoms with van der Waals surface area (Å²) in [6, 6.07) is 1.60. The van der Waals surface area contributed by atoms with E-state index in [9.17, 15) is 10.2 Å². The number of hydrogen-bond donors (Lipinski definition) is 2. The number of ether oxygens (including phenoxy) is 1. The van der Waals surface area contributed by atoms with Gasteiger partial charge in [-0.1, -0.05) is 0 Å². The van der Waals surface area contributed by atoms with E-state index in [4.69, 9.17) is 4.74 Å². The Bertz CT molecular complexity index is 337. The molecule has 0 amide bonds. The minimum Gasteiger partial charge on any atom is -0.504 e. The van der Waals surface area contributed by atoms with Crippen LogP contribution < -0.4 is 4.74 Å². The molecular weight excluding hydrogens is 200 g/mol. The van der Waals surface area contributed by atoms with Crippen LogP contribution in [-0.4, -0.2) is 23.1 Å². The third kappa shape index (κ3) is 1.90. The fourth-order valence-electron chi connectivity index (χ4n) is 1.20. The quantitative estimate of drug-likeness (QED) is 0.759. The van der Waals surface area contributed by atoms with Gasteiger partial charge in [0.25, 0.3) is 0 Å². The number of phenols is 2. The van der Waals surface area contributed by atoms with Gasteiger partial charge >= 0.3 is 0 Å². The minimum absolute atomic E-state index is 0.0145. The van der Waals surface area contributed by atoms with Gasteiger partial charge in [-0.3, -0.25) is 0 Å². The van der Waals surface area contributed by atoms with E-state index >= 15 is 0 Å². The molecule has 0 heterocycles. The molecule has 14 heavy (non-hydrogen) atoms. The van der Waals surface area contributed by atoms with Gasteiger partial charge in [0.15, 0.2) is 11.5 Å². The van der Waals surface area contributed by atoms with Crippen molar-refractivity contribution >= 4 is 11.8 Å². The largest absolute Gasteiger partial charge is 0.504 e. The number of benzene rings is 1. The van der Waals surface area contributed by atoms with Crippen molar-refractivity contribution in [3.8, 4) is 17.2 Å². The van der Waals surface area contributed by atoms with Gasteiger partial charge in [0, 0.05) is 10.5 Å². The highest BCUT2D eigenvalue weighted by Gasteiger charge is 2.14. The lowest BCUT2D eigenvalue weighted by Gasteiger charge is -2.12. The molecule has 0 spiro atoms. The monoisotopic (exact) mass is 214 g/mol. The maximum Gasteiger partial charge on any atom is 0.203 e. The molecule has 0 aliphatic heterocycles. The molecular formula is C10H14O3S. The normalized spacial score (nSPS) is 10.2. The van der Waals surface area contributed by atoms with Crippen LogP contribution in [0.1, 0.15) is 12.5 Å². The number of aromatic hydroxyl groups is 2. The van der Waals surface area contributed by atoms with Crippen molar-refractivity contribution in [2.24, 2.45) is 0 Å². The van der Waals surface area contributed by atoms with Gasteiger partial charge in [0.1, 0.15) is 0 Å². The summed E-state index contributed by atoms with van der Waals surface area (Å²) in [6.07, 6.45) is 1.89. The van der Waals surface area contributed by atoms with Crippen molar-refractivity contribution in [3.05, 3.63) is 11.6 Å². The smallest absolute Gasteiger partial charge is 0.203 e. The van der Waals surface area contributed by atoms with Crippen LogP contribution in [0.3, 0.4) is 0 Å². The molecule has 0 saturated heterocycles. The Hall–Kier alpha value is -1.03. The highest BCUT2D eigenvalue weighted by molar-refractivity contribution is 7.98. The van der Waals surface area contributed by atoms with Gasteiger partial charge in [0.2, 0.25) is 5.75 Å². The Balaban J connectivity index is 3.26. The van der Waals surface area contributed by atoms with Crippen molar-refractivity contribution in [2.45, 2.75) is 18.7 Å². The second-order valence-electron chi connectivity index (χ2n) is 2.83. The molecule has 78 valence electrons. The fraction of sp³-hybridized carbons (Fsp3) is 0.400. The third-order valence-corrected chi connectivity index (χ3v) is 2.81. The summed E-state index contributed by atoms with van der Waals surface area (Å²) in [5.41, 5.74) is 0.735. The molecule has 0 aliphatic carbocycles. The van der Waals surface area contributed by atoms with Crippen LogP contribution >= 0.6 is 11.8 Å². The van der Waals surface area contributed by atoms with E-state index < -0.39 is 0 Å². The Labute approximate surface area is 87.7 Å². The molecule has 1 rings (SSSR count). The first kappa shape index (κ1) is 11.0. The lowest BCUT2D eigenvalue weighted by atomic mass is 10.2. The lowest BCUT2D eigenvalue weighted by Crippen LogP contribution is -1.94. The van der Waals surface area contributed by atoms with E-state index in [0.29, 0.717) is 6.61 Å². The zero-order chi connectivity index (χ0) is 10.7. The van der Waals surface area contributed by atoms with Crippen molar-refractivity contribution < 1.29 is 14.9 Å². The Kier molecular flexibility index (Phi) is 3.52. The second-order valence-corrected chi connectivity index (χ2v) is 3.68. The molecule has 0 fully saturated rings. The molecule has 0 aliphatic rings. The van der Waals surface area contributed by atoms with Crippen molar-refractivity contribution in [1.82, 2.24) is 0 Å². The average molecular weight is 214 g/mol. The predicted octanol–water partition coefficient (Wildman–Crippen LogP) is 2.53. The van der Waals surface area contributed by atoms with Crippen molar-refractivity contribution in [1.29, 1.82) is 0 Å². The van der Waals surface area contributed by atoms with Crippen LogP contribution in [0.4, 0.5) is 0 Å². The molecule has 0 atom stereocenters. The van der Waals surface area contributed by atoms with Crippen LogP contribution in [0.5, 0.6) is 17.2 Å². The van der Waals surface area contributed by atoms with E-state index in [1.165, 1.54) is 11.8 Å². The van der Waals surface area contributed by atoms with Gasteiger partial charge in [-0.25, -0.2) is 0 Å². The summed E-state index contributed by atoms with van der Waals surface area (Å²) in [5.74, 6) is 0.179. The first-order valence-electron chi connectivity index (χ1n) is 4.34. The van der Waals surface area contributed by atoms with E-state index in [2.05, 4.69) is 0 Å². The zero-order valence-corrected chi connectivity index (χ0v) is 9.31. The summed E-state index contributed by atoms with van der Waals surface area (Å²) in [7, 11) is 0. The number of phenolic OH excluding ortho intramolecular Hbond substituents is 2. The molecule has 0 unspecified atom stereocenters. The Morgan fingerprint density at radius 1 is 1.43 bits per heavy atom. The molecule has 1 aromatic carbocycles. The molecule has 0 radical (unpaired) electrons. The molecule has 4 heteroatoms. The highest BCUT2D eigenvalue weighted by atomic mass is 32.2. The molecule has 0 saturated carbocycles. The second kappa shape index (κ2) is 4.46. The Morgan fingerprint density at radius 2 is 2.07 bits per heavy atom. The van der Waals surface area contributed by atoms with E-state index in [1.54, 1.807) is 19.9 Å². The number of rotatable bonds is 3. The van der Waals surface area contributed by atoms with Crippen LogP contribution in [0, 0.1) is 6.92 Å². The molecule has 3 nitrogen and oxygen atoms in total. The summed E-state index contributed by atoms with van der Waals surface area (Å²) in [5, 5.41) is 19.3. The van der Waals surface area contributed by atoms with Crippen LogP contribution in [0.25, 0.3) is 0 Å². The molecule has 0 bridgehead atoms. The summed E-state index contributed by atoms with van der Waals surface area (Å²) in [4.78, 5) is 0.850. The van der Waals surface area contributed by atoms with Gasteiger partial charge in [-0.15, -0.1) is 11.8 Å². The standard InChI is InChI=1S/C10H14O3S/c1-4-13-10-7(11)5-8(14-3)6(2)9(10)12/h5,11-12H,4H2,1-3H3. The van der Waals surface area contributed by atoms with E-state index in [-0.39, 0.29) is 17.2 Å². The van der Waals surface area contributed by atoms with Crippen molar-refractivity contribution in [2.75, 3.05) is 12.9 Å². The first-order valence-corrected chi connectivity index (χ1v) is 5.56. The number of thioether (sulfide) groups is 1. The van der Waals surface area contributed by atoms with Crippen LogP contribution in [-0.2, 0) is 0 Å². The topological polar surface area (TPSA) is 49.7 Å². The van der Waals surface area contributed by atoms with Crippen molar-refractivity contribution in [3.63, 3.8) is 0 Å². The van der Waals surface area contributed by atoms with Gasteiger partial charge in [-0.05, 0) is 26.2 Å². The minimum atomic E-state index is -0.0145. The molecule has 2 N–H and O–H groups in total. The van der Waals surface area contributed by atoms with Gasteiger partial charge in [-0.2, -0.15) is 0 Å². The summed E-state index contributed by atoms with van der Waals surface area (Å²) >= 11 is 1.47. The lowest BCUT2D eigenvalue weighted by molar-refractivity contribution is 0.297. The van der Waals surface area contributed by atoms with E-state index in [0.717, 1.165) is 10.5 Å². The SMILES string of the molecule is CCOc1c(O)cc(SC)c(C)c1O. The third-order valence-electron chi connectivity index (χ3n) is 1.95. The van der Waals surface area contributed by atoms with E-state index in [1.807, 2.05) is 6.26 Å². The summed E-state index contributed by atoms with van der Waals surface area (Å²) < 4.78 is 5.14. The fourth-order valence-corrected chi connectivity index (χ4v) is 1.84. The average Bonchev–Trinajstić information content (AvgIpc) is 2.18. The first-order chi connectivity index (χ1) is 6.61. The molecule has 0 aromatic heterocycles. The maximum absolute atomic E-state index is 9.72. The predicted molar refractivity (Wildman–Crippen MR) is 57.5 cm³/mol. The Morgan fingerprint density at radius 3 is 2.57 bits per heavy atom.